The van der Waals surface area contributed by atoms with Crippen molar-refractivity contribution in [1.82, 2.24) is 9.80 Å². The quantitative estimate of drug-likeness (QED) is 0.720. The molecule has 2 atom stereocenters. The van der Waals surface area contributed by atoms with Gasteiger partial charge in [-0.1, -0.05) is 0 Å². The van der Waals surface area contributed by atoms with Crippen molar-refractivity contribution in [3.8, 4) is 0 Å². The Morgan fingerprint density at radius 3 is 2.50 bits per heavy atom. The number of nitrogens with zero attached hydrogens (tertiary/aromatic N) is 2. The Bertz CT molecular complexity index is 311. The number of rotatable bonds is 1. The number of hydrogen-bond acceptors (Lipinski definition) is 3. The van der Waals surface area contributed by atoms with E-state index in [0.29, 0.717) is 12.1 Å². The van der Waals surface area contributed by atoms with Gasteiger partial charge < -0.3 is 9.64 Å². The van der Waals surface area contributed by atoms with Gasteiger partial charge >= 0.3 is 6.09 Å². The topological polar surface area (TPSA) is 32.8 Å². The van der Waals surface area contributed by atoms with Crippen LogP contribution in [0, 0.1) is 0 Å². The minimum atomic E-state index is -0.393. The van der Waals surface area contributed by atoms with Crippen molar-refractivity contribution in [3.05, 3.63) is 0 Å². The summed E-state index contributed by atoms with van der Waals surface area (Å²) in [5.41, 5.74) is -0.393. The van der Waals surface area contributed by atoms with Gasteiger partial charge in [0.05, 0.1) is 0 Å². The van der Waals surface area contributed by atoms with Crippen LogP contribution >= 0.6 is 0 Å². The normalized spacial score (nSPS) is 29.9. The summed E-state index contributed by atoms with van der Waals surface area (Å²) in [6, 6.07) is 1.21. The van der Waals surface area contributed by atoms with Gasteiger partial charge in [-0.25, -0.2) is 4.79 Å². The third kappa shape index (κ3) is 3.16. The average molecular weight is 254 g/mol. The van der Waals surface area contributed by atoms with Crippen LogP contribution in [0.2, 0.25) is 0 Å². The lowest BCUT2D eigenvalue weighted by Crippen LogP contribution is -2.41. The highest BCUT2D eigenvalue weighted by Gasteiger charge is 2.35. The van der Waals surface area contributed by atoms with E-state index in [0.717, 1.165) is 19.5 Å². The lowest BCUT2D eigenvalue weighted by atomic mass is 10.2. The van der Waals surface area contributed by atoms with Gasteiger partial charge in [0, 0.05) is 25.2 Å². The first-order valence-corrected chi connectivity index (χ1v) is 7.10. The molecule has 2 rings (SSSR count). The molecule has 0 unspecified atom stereocenters. The number of hydrogen-bond donors (Lipinski definition) is 0. The van der Waals surface area contributed by atoms with Crippen molar-refractivity contribution >= 4 is 6.09 Å². The number of carbonyl (C=O) groups is 1. The first-order valence-electron chi connectivity index (χ1n) is 7.10. The van der Waals surface area contributed by atoms with Gasteiger partial charge in [0.2, 0.25) is 0 Å². The summed E-state index contributed by atoms with van der Waals surface area (Å²) >= 11 is 0. The molecule has 0 bridgehead atoms. The first kappa shape index (κ1) is 13.7. The van der Waals surface area contributed by atoms with Gasteiger partial charge in [0.15, 0.2) is 0 Å². The number of carbonyl (C=O) groups excluding carboxylic acids is 1. The molecule has 0 N–H and O–H groups in total. The van der Waals surface area contributed by atoms with E-state index < -0.39 is 5.60 Å². The molecule has 18 heavy (non-hydrogen) atoms. The van der Waals surface area contributed by atoms with Gasteiger partial charge in [-0.15, -0.1) is 0 Å². The monoisotopic (exact) mass is 254 g/mol. The molecule has 0 spiro atoms. The van der Waals surface area contributed by atoms with E-state index in [9.17, 15) is 4.79 Å². The van der Waals surface area contributed by atoms with E-state index >= 15 is 0 Å². The molecule has 1 amide bonds. The molecule has 2 aliphatic rings. The van der Waals surface area contributed by atoms with Crippen LogP contribution in [0.25, 0.3) is 0 Å². The van der Waals surface area contributed by atoms with Crippen LogP contribution in [-0.2, 0) is 4.74 Å². The highest BCUT2D eigenvalue weighted by atomic mass is 16.6. The first-order chi connectivity index (χ1) is 8.37. The van der Waals surface area contributed by atoms with Gasteiger partial charge in [-0.2, -0.15) is 0 Å². The van der Waals surface area contributed by atoms with E-state index in [1.54, 1.807) is 0 Å². The van der Waals surface area contributed by atoms with E-state index in [4.69, 9.17) is 4.74 Å². The number of likely N-dealkylation sites (tertiary alicyclic amines) is 2. The fourth-order valence-corrected chi connectivity index (χ4v) is 3.00. The van der Waals surface area contributed by atoms with E-state index in [2.05, 4.69) is 11.8 Å². The summed E-state index contributed by atoms with van der Waals surface area (Å²) in [6.07, 6.45) is 3.52. The van der Waals surface area contributed by atoms with Gasteiger partial charge in [0.25, 0.3) is 0 Å². The van der Waals surface area contributed by atoms with Crippen LogP contribution in [0.4, 0.5) is 4.79 Å². The molecular weight excluding hydrogens is 228 g/mol. The Kier molecular flexibility index (Phi) is 3.85. The van der Waals surface area contributed by atoms with Gasteiger partial charge in [-0.3, -0.25) is 4.90 Å². The molecule has 2 saturated heterocycles. The van der Waals surface area contributed by atoms with Crippen LogP contribution in [0.5, 0.6) is 0 Å². The minimum Gasteiger partial charge on any atom is -0.444 e. The molecule has 0 aromatic carbocycles. The maximum atomic E-state index is 12.0. The standard InChI is InChI=1S/C14H26N2O2/c1-11-6-5-8-16(11)12-7-9-15(10-12)13(17)18-14(2,3)4/h11-12H,5-10H2,1-4H3/t11-,12-/m1/s1. The third-order valence-electron chi connectivity index (χ3n) is 3.89. The highest BCUT2D eigenvalue weighted by Crippen LogP contribution is 2.25. The molecular formula is C14H26N2O2. The zero-order valence-corrected chi connectivity index (χ0v) is 12.1. The molecule has 4 nitrogen and oxygen atoms in total. The largest absolute Gasteiger partial charge is 0.444 e. The Morgan fingerprint density at radius 2 is 1.94 bits per heavy atom. The van der Waals surface area contributed by atoms with Crippen LogP contribution in [0.3, 0.4) is 0 Å². The summed E-state index contributed by atoms with van der Waals surface area (Å²) in [7, 11) is 0. The van der Waals surface area contributed by atoms with E-state index in [1.807, 2.05) is 25.7 Å². The van der Waals surface area contributed by atoms with Crippen LogP contribution in [0.1, 0.15) is 47.0 Å². The summed E-state index contributed by atoms with van der Waals surface area (Å²) in [4.78, 5) is 16.4. The fraction of sp³-hybridized carbons (Fsp3) is 0.929. The lowest BCUT2D eigenvalue weighted by molar-refractivity contribution is 0.0278. The van der Waals surface area contributed by atoms with Crippen molar-refractivity contribution in [1.29, 1.82) is 0 Å². The van der Waals surface area contributed by atoms with Gasteiger partial charge in [0.1, 0.15) is 5.60 Å². The summed E-state index contributed by atoms with van der Waals surface area (Å²) < 4.78 is 5.43. The fourth-order valence-electron chi connectivity index (χ4n) is 3.00. The zero-order valence-electron chi connectivity index (χ0n) is 12.1. The van der Waals surface area contributed by atoms with Crippen molar-refractivity contribution in [2.75, 3.05) is 19.6 Å². The van der Waals surface area contributed by atoms with E-state index in [-0.39, 0.29) is 6.09 Å². The zero-order chi connectivity index (χ0) is 13.3. The average Bonchev–Trinajstić information content (AvgIpc) is 2.82. The molecule has 0 saturated carbocycles. The molecule has 2 heterocycles. The van der Waals surface area contributed by atoms with Crippen molar-refractivity contribution < 1.29 is 9.53 Å². The Labute approximate surface area is 110 Å². The van der Waals surface area contributed by atoms with Crippen LogP contribution in [0.15, 0.2) is 0 Å². The summed E-state index contributed by atoms with van der Waals surface area (Å²) in [6.45, 7) is 10.9. The predicted octanol–water partition coefficient (Wildman–Crippen LogP) is 2.48. The smallest absolute Gasteiger partial charge is 0.410 e. The van der Waals surface area contributed by atoms with Crippen molar-refractivity contribution in [3.63, 3.8) is 0 Å². The van der Waals surface area contributed by atoms with Gasteiger partial charge in [-0.05, 0) is 53.5 Å². The van der Waals surface area contributed by atoms with Crippen molar-refractivity contribution in [2.24, 2.45) is 0 Å². The predicted molar refractivity (Wildman–Crippen MR) is 71.6 cm³/mol. The second-order valence-corrected chi connectivity index (χ2v) is 6.60. The molecule has 0 aromatic rings. The van der Waals surface area contributed by atoms with E-state index in [1.165, 1.54) is 19.4 Å². The Hall–Kier alpha value is -0.770. The lowest BCUT2D eigenvalue weighted by Gasteiger charge is -2.29. The number of amides is 1. The molecule has 2 aliphatic heterocycles. The number of ether oxygens (including phenoxy) is 1. The maximum Gasteiger partial charge on any atom is 0.410 e. The van der Waals surface area contributed by atoms with Crippen LogP contribution in [-0.4, -0.2) is 53.2 Å². The minimum absolute atomic E-state index is 0.156. The molecule has 4 heteroatoms. The van der Waals surface area contributed by atoms with Crippen molar-refractivity contribution in [2.45, 2.75) is 64.6 Å². The second kappa shape index (κ2) is 5.08. The Morgan fingerprint density at radius 1 is 1.22 bits per heavy atom. The molecule has 0 aromatic heterocycles. The second-order valence-electron chi connectivity index (χ2n) is 6.60. The molecule has 0 aliphatic carbocycles. The molecule has 0 radical (unpaired) electrons. The highest BCUT2D eigenvalue weighted by molar-refractivity contribution is 5.68. The molecule has 2 fully saturated rings. The SMILES string of the molecule is C[C@@H]1CCCN1[C@@H]1CCN(C(=O)OC(C)(C)C)C1. The van der Waals surface area contributed by atoms with Crippen LogP contribution < -0.4 is 0 Å². The molecule has 104 valence electrons. The summed E-state index contributed by atoms with van der Waals surface area (Å²) in [5, 5.41) is 0. The third-order valence-corrected chi connectivity index (χ3v) is 3.89. The Balaban J connectivity index is 1.86. The summed E-state index contributed by atoms with van der Waals surface area (Å²) in [5.74, 6) is 0. The maximum absolute atomic E-state index is 12.0.